The number of fused-ring (bicyclic) bond motifs is 1. The topological polar surface area (TPSA) is 69.0 Å². The van der Waals surface area contributed by atoms with Crippen molar-refractivity contribution in [3.63, 3.8) is 0 Å². The van der Waals surface area contributed by atoms with Crippen LogP contribution in [0.2, 0.25) is 5.02 Å². The zero-order chi connectivity index (χ0) is 19.5. The molecule has 4 rings (SSSR count). The standard InChI is InChI=1S/C21H17ClN4O2/c1-26-19-15(11-17(20(26)27)16-9-5-6-10-18(16)22)12-23-21(24-19)25-28-13-14-7-3-2-4-8-14/h2-12H,13H2,1H3,(H,23,24,25). The van der Waals surface area contributed by atoms with Crippen LogP contribution < -0.4 is 11.0 Å². The Morgan fingerprint density at radius 3 is 2.61 bits per heavy atom. The molecule has 0 aliphatic rings. The molecule has 0 aliphatic carbocycles. The van der Waals surface area contributed by atoms with Crippen LogP contribution in [-0.2, 0) is 18.5 Å². The molecular formula is C21H17ClN4O2. The van der Waals surface area contributed by atoms with Crippen LogP contribution in [-0.4, -0.2) is 14.5 Å². The van der Waals surface area contributed by atoms with Gasteiger partial charge in [-0.05, 0) is 17.7 Å². The summed E-state index contributed by atoms with van der Waals surface area (Å²) >= 11 is 6.26. The average molecular weight is 393 g/mol. The van der Waals surface area contributed by atoms with Gasteiger partial charge in [-0.15, -0.1) is 0 Å². The highest BCUT2D eigenvalue weighted by Gasteiger charge is 2.13. The smallest absolute Gasteiger partial charge is 0.259 e. The molecule has 0 saturated carbocycles. The van der Waals surface area contributed by atoms with Crippen LogP contribution in [0.4, 0.5) is 5.95 Å². The van der Waals surface area contributed by atoms with Gasteiger partial charge < -0.3 is 0 Å². The molecule has 4 aromatic rings. The Labute approximate surface area is 166 Å². The molecule has 0 fully saturated rings. The van der Waals surface area contributed by atoms with Crippen LogP contribution in [0, 0.1) is 0 Å². The van der Waals surface area contributed by atoms with Gasteiger partial charge in [0.15, 0.2) is 0 Å². The predicted octanol–water partition coefficient (Wildman–Crippen LogP) is 4.19. The van der Waals surface area contributed by atoms with Crippen molar-refractivity contribution in [3.8, 4) is 11.1 Å². The largest absolute Gasteiger partial charge is 0.295 e. The second-order valence-corrected chi connectivity index (χ2v) is 6.66. The van der Waals surface area contributed by atoms with Crippen molar-refractivity contribution in [3.05, 3.63) is 87.8 Å². The number of hydrogen-bond acceptors (Lipinski definition) is 5. The third-order valence-corrected chi connectivity index (χ3v) is 4.69. The van der Waals surface area contributed by atoms with Crippen LogP contribution in [0.25, 0.3) is 22.2 Å². The number of hydrogen-bond donors (Lipinski definition) is 1. The lowest BCUT2D eigenvalue weighted by Gasteiger charge is -2.11. The fourth-order valence-corrected chi connectivity index (χ4v) is 3.16. The Morgan fingerprint density at radius 2 is 1.82 bits per heavy atom. The minimum absolute atomic E-state index is 0.185. The van der Waals surface area contributed by atoms with E-state index in [9.17, 15) is 4.79 Å². The first kappa shape index (κ1) is 18.2. The molecule has 0 saturated heterocycles. The molecule has 0 aliphatic heterocycles. The Hall–Kier alpha value is -3.22. The predicted molar refractivity (Wildman–Crippen MR) is 110 cm³/mol. The van der Waals surface area contributed by atoms with E-state index < -0.39 is 0 Å². The Balaban J connectivity index is 1.63. The maximum atomic E-state index is 12.8. The molecule has 1 N–H and O–H groups in total. The maximum Gasteiger partial charge on any atom is 0.259 e. The van der Waals surface area contributed by atoms with E-state index in [1.54, 1.807) is 25.4 Å². The molecule has 2 aromatic carbocycles. The van der Waals surface area contributed by atoms with E-state index in [2.05, 4.69) is 15.4 Å². The zero-order valence-corrected chi connectivity index (χ0v) is 15.8. The SMILES string of the molecule is Cn1c(=O)c(-c2ccccc2Cl)cc2cnc(NOCc3ccccc3)nc21. The highest BCUT2D eigenvalue weighted by atomic mass is 35.5. The minimum atomic E-state index is -0.185. The Kier molecular flexibility index (Phi) is 5.06. The molecule has 2 aromatic heterocycles. The number of anilines is 1. The monoisotopic (exact) mass is 392 g/mol. The molecule has 0 spiro atoms. The molecule has 6 nitrogen and oxygen atoms in total. The molecule has 0 radical (unpaired) electrons. The number of rotatable bonds is 5. The van der Waals surface area contributed by atoms with Crippen LogP contribution in [0.15, 0.2) is 71.7 Å². The van der Waals surface area contributed by atoms with Crippen molar-refractivity contribution < 1.29 is 4.84 Å². The van der Waals surface area contributed by atoms with Crippen molar-refractivity contribution in [2.75, 3.05) is 5.48 Å². The van der Waals surface area contributed by atoms with Gasteiger partial charge in [-0.25, -0.2) is 10.5 Å². The molecule has 0 bridgehead atoms. The number of aromatic nitrogens is 3. The first-order chi connectivity index (χ1) is 13.6. The number of nitrogens with one attached hydrogen (secondary N) is 1. The van der Waals surface area contributed by atoms with Crippen molar-refractivity contribution in [1.82, 2.24) is 14.5 Å². The van der Waals surface area contributed by atoms with Crippen molar-refractivity contribution in [2.24, 2.45) is 7.05 Å². The number of nitrogens with zero attached hydrogens (tertiary/aromatic N) is 3. The van der Waals surface area contributed by atoms with Crippen LogP contribution in [0.1, 0.15) is 5.56 Å². The number of aryl methyl sites for hydroxylation is 1. The first-order valence-corrected chi connectivity index (χ1v) is 9.04. The summed E-state index contributed by atoms with van der Waals surface area (Å²) in [4.78, 5) is 27.0. The molecular weight excluding hydrogens is 376 g/mol. The third kappa shape index (κ3) is 3.60. The van der Waals surface area contributed by atoms with Gasteiger partial charge in [-0.2, -0.15) is 4.98 Å². The summed E-state index contributed by atoms with van der Waals surface area (Å²) in [5.41, 5.74) is 5.25. The van der Waals surface area contributed by atoms with E-state index in [0.29, 0.717) is 28.4 Å². The van der Waals surface area contributed by atoms with Crippen molar-refractivity contribution in [2.45, 2.75) is 6.61 Å². The van der Waals surface area contributed by atoms with Crippen LogP contribution >= 0.6 is 11.6 Å². The molecule has 0 atom stereocenters. The summed E-state index contributed by atoms with van der Waals surface area (Å²) in [7, 11) is 1.67. The summed E-state index contributed by atoms with van der Waals surface area (Å²) in [6, 6.07) is 18.8. The quantitative estimate of drug-likeness (QED) is 0.516. The van der Waals surface area contributed by atoms with E-state index in [1.807, 2.05) is 48.5 Å². The second kappa shape index (κ2) is 7.80. The lowest BCUT2D eigenvalue weighted by atomic mass is 10.1. The van der Waals surface area contributed by atoms with Gasteiger partial charge in [-0.3, -0.25) is 14.2 Å². The fraction of sp³-hybridized carbons (Fsp3) is 0.0952. The highest BCUT2D eigenvalue weighted by molar-refractivity contribution is 6.33. The Morgan fingerprint density at radius 1 is 1.07 bits per heavy atom. The van der Waals surface area contributed by atoms with Crippen LogP contribution in [0.5, 0.6) is 0 Å². The summed E-state index contributed by atoms with van der Waals surface area (Å²) in [6.45, 7) is 0.368. The number of benzene rings is 2. The van der Waals surface area contributed by atoms with E-state index in [4.69, 9.17) is 16.4 Å². The lowest BCUT2D eigenvalue weighted by molar-refractivity contribution is 0.177. The first-order valence-electron chi connectivity index (χ1n) is 8.67. The van der Waals surface area contributed by atoms with Crippen molar-refractivity contribution in [1.29, 1.82) is 0 Å². The Bertz CT molecular complexity index is 1190. The summed E-state index contributed by atoms with van der Waals surface area (Å²) in [5, 5.41) is 1.25. The fourth-order valence-electron chi connectivity index (χ4n) is 2.93. The average Bonchev–Trinajstić information content (AvgIpc) is 2.72. The van der Waals surface area contributed by atoms with E-state index in [1.165, 1.54) is 4.57 Å². The molecule has 2 heterocycles. The molecule has 7 heteroatoms. The van der Waals surface area contributed by atoms with Crippen LogP contribution in [0.3, 0.4) is 0 Å². The van der Waals surface area contributed by atoms with Gasteiger partial charge in [-0.1, -0.05) is 60.1 Å². The van der Waals surface area contributed by atoms with Gasteiger partial charge in [0.05, 0.1) is 6.61 Å². The summed E-state index contributed by atoms with van der Waals surface area (Å²) < 4.78 is 1.48. The number of pyridine rings is 1. The maximum absolute atomic E-state index is 12.8. The summed E-state index contributed by atoms with van der Waals surface area (Å²) in [5.74, 6) is 0.281. The van der Waals surface area contributed by atoms with E-state index in [-0.39, 0.29) is 11.5 Å². The van der Waals surface area contributed by atoms with Gasteiger partial charge in [0.2, 0.25) is 5.95 Å². The van der Waals surface area contributed by atoms with Gasteiger partial charge in [0.1, 0.15) is 5.65 Å². The second-order valence-electron chi connectivity index (χ2n) is 6.25. The highest BCUT2D eigenvalue weighted by Crippen LogP contribution is 2.26. The van der Waals surface area contributed by atoms with Gasteiger partial charge in [0, 0.05) is 34.8 Å². The summed E-state index contributed by atoms with van der Waals surface area (Å²) in [6.07, 6.45) is 1.65. The van der Waals surface area contributed by atoms with E-state index in [0.717, 1.165) is 10.9 Å². The molecule has 140 valence electrons. The number of halogens is 1. The minimum Gasteiger partial charge on any atom is -0.295 e. The van der Waals surface area contributed by atoms with Crippen molar-refractivity contribution >= 4 is 28.6 Å². The third-order valence-electron chi connectivity index (χ3n) is 4.36. The molecule has 28 heavy (non-hydrogen) atoms. The van der Waals surface area contributed by atoms with E-state index >= 15 is 0 Å². The lowest BCUT2D eigenvalue weighted by Crippen LogP contribution is -2.20. The molecule has 0 unspecified atom stereocenters. The van der Waals surface area contributed by atoms with Gasteiger partial charge >= 0.3 is 0 Å². The zero-order valence-electron chi connectivity index (χ0n) is 15.1. The normalized spacial score (nSPS) is 10.9. The molecule has 0 amide bonds. The van der Waals surface area contributed by atoms with Gasteiger partial charge in [0.25, 0.3) is 5.56 Å².